The van der Waals surface area contributed by atoms with E-state index in [9.17, 15) is 8.42 Å². The van der Waals surface area contributed by atoms with Crippen molar-refractivity contribution >= 4 is 26.0 Å². The van der Waals surface area contributed by atoms with E-state index >= 15 is 0 Å². The van der Waals surface area contributed by atoms with Gasteiger partial charge in [-0.15, -0.1) is 10.2 Å². The Kier molecular flexibility index (Phi) is 3.15. The third kappa shape index (κ3) is 2.31. The number of hydrogen-bond donors (Lipinski definition) is 0. The zero-order valence-corrected chi connectivity index (χ0v) is 12.3. The molecule has 0 unspecified atom stereocenters. The second-order valence-electron chi connectivity index (χ2n) is 4.24. The molecular formula is C11H11BrN4O2S. The number of sulfonamides is 1. The van der Waals surface area contributed by atoms with Gasteiger partial charge in [-0.3, -0.25) is 0 Å². The van der Waals surface area contributed by atoms with E-state index < -0.39 is 10.0 Å². The standard InChI is InChI=1S/C11H11BrN4O2S/c12-9-2-1-3-10(6-9)19(17,18)16-5-4-15-8-13-14-11(15)7-16/h1-3,6,8H,4-5,7H2. The highest BCUT2D eigenvalue weighted by Gasteiger charge is 2.29. The summed E-state index contributed by atoms with van der Waals surface area (Å²) in [7, 11) is -3.48. The SMILES string of the molecule is O=S(=O)(c1cccc(Br)c1)N1CCn2cnnc2C1. The highest BCUT2D eigenvalue weighted by molar-refractivity contribution is 9.10. The molecule has 0 saturated carbocycles. The Morgan fingerprint density at radius 1 is 1.26 bits per heavy atom. The largest absolute Gasteiger partial charge is 0.315 e. The Balaban J connectivity index is 1.94. The van der Waals surface area contributed by atoms with Gasteiger partial charge in [0.2, 0.25) is 10.0 Å². The third-order valence-corrected chi connectivity index (χ3v) is 5.37. The molecule has 100 valence electrons. The van der Waals surface area contributed by atoms with Crippen molar-refractivity contribution in [3.8, 4) is 0 Å². The number of rotatable bonds is 2. The van der Waals surface area contributed by atoms with Crippen molar-refractivity contribution < 1.29 is 8.42 Å². The van der Waals surface area contributed by atoms with Crippen molar-refractivity contribution in [2.45, 2.75) is 18.0 Å². The monoisotopic (exact) mass is 342 g/mol. The van der Waals surface area contributed by atoms with Gasteiger partial charge in [0.25, 0.3) is 0 Å². The normalized spacial score (nSPS) is 16.3. The molecule has 0 spiro atoms. The van der Waals surface area contributed by atoms with E-state index in [1.165, 1.54) is 4.31 Å². The number of halogens is 1. The first-order valence-electron chi connectivity index (χ1n) is 5.70. The zero-order chi connectivity index (χ0) is 13.5. The lowest BCUT2D eigenvalue weighted by molar-refractivity contribution is 0.335. The van der Waals surface area contributed by atoms with Crippen molar-refractivity contribution in [2.75, 3.05) is 6.54 Å². The van der Waals surface area contributed by atoms with Crippen LogP contribution in [0.25, 0.3) is 0 Å². The van der Waals surface area contributed by atoms with Crippen LogP contribution in [0.5, 0.6) is 0 Å². The number of nitrogens with zero attached hydrogens (tertiary/aromatic N) is 4. The zero-order valence-electron chi connectivity index (χ0n) is 9.90. The molecule has 0 amide bonds. The fourth-order valence-corrected chi connectivity index (χ4v) is 4.01. The number of aromatic nitrogens is 3. The van der Waals surface area contributed by atoms with Crippen LogP contribution >= 0.6 is 15.9 Å². The van der Waals surface area contributed by atoms with E-state index in [-0.39, 0.29) is 11.4 Å². The summed E-state index contributed by atoms with van der Waals surface area (Å²) in [5.74, 6) is 0.671. The minimum atomic E-state index is -3.48. The van der Waals surface area contributed by atoms with Crippen molar-refractivity contribution in [3.63, 3.8) is 0 Å². The van der Waals surface area contributed by atoms with E-state index in [1.807, 2.05) is 4.57 Å². The summed E-state index contributed by atoms with van der Waals surface area (Å²) >= 11 is 3.29. The highest BCUT2D eigenvalue weighted by atomic mass is 79.9. The lowest BCUT2D eigenvalue weighted by Crippen LogP contribution is -2.38. The summed E-state index contributed by atoms with van der Waals surface area (Å²) in [6, 6.07) is 6.71. The molecule has 1 aliphatic heterocycles. The van der Waals surface area contributed by atoms with Gasteiger partial charge in [0.15, 0.2) is 0 Å². The second-order valence-corrected chi connectivity index (χ2v) is 7.09. The molecule has 19 heavy (non-hydrogen) atoms. The molecule has 0 aliphatic carbocycles. The molecule has 0 atom stereocenters. The van der Waals surface area contributed by atoms with Gasteiger partial charge in [-0.1, -0.05) is 22.0 Å². The molecule has 1 aliphatic rings. The number of fused-ring (bicyclic) bond motifs is 1. The number of benzene rings is 1. The number of hydrogen-bond acceptors (Lipinski definition) is 4. The van der Waals surface area contributed by atoms with Crippen molar-refractivity contribution in [3.05, 3.63) is 40.9 Å². The first-order valence-corrected chi connectivity index (χ1v) is 7.93. The molecule has 0 fully saturated rings. The van der Waals surface area contributed by atoms with Gasteiger partial charge >= 0.3 is 0 Å². The molecule has 6 nitrogen and oxygen atoms in total. The Morgan fingerprint density at radius 2 is 2.11 bits per heavy atom. The van der Waals surface area contributed by atoms with Crippen LogP contribution < -0.4 is 0 Å². The van der Waals surface area contributed by atoms with Crippen molar-refractivity contribution in [1.29, 1.82) is 0 Å². The molecule has 2 aromatic rings. The summed E-state index contributed by atoms with van der Waals surface area (Å²) in [6.45, 7) is 1.27. The average Bonchev–Trinajstić information content (AvgIpc) is 2.85. The first-order chi connectivity index (χ1) is 9.07. The molecule has 0 bridgehead atoms. The van der Waals surface area contributed by atoms with Crippen molar-refractivity contribution in [2.24, 2.45) is 0 Å². The summed E-state index contributed by atoms with van der Waals surface area (Å²) in [4.78, 5) is 0.287. The molecule has 0 N–H and O–H groups in total. The fourth-order valence-electron chi connectivity index (χ4n) is 2.03. The minimum absolute atomic E-state index is 0.259. The predicted octanol–water partition coefficient (Wildman–Crippen LogP) is 1.25. The van der Waals surface area contributed by atoms with Gasteiger partial charge in [-0.25, -0.2) is 8.42 Å². The van der Waals surface area contributed by atoms with Gasteiger partial charge in [0.1, 0.15) is 12.2 Å². The third-order valence-electron chi connectivity index (χ3n) is 3.04. The highest BCUT2D eigenvalue weighted by Crippen LogP contribution is 2.22. The predicted molar refractivity (Wildman–Crippen MR) is 71.8 cm³/mol. The minimum Gasteiger partial charge on any atom is -0.315 e. The molecule has 1 aromatic carbocycles. The van der Waals surface area contributed by atoms with Crippen LogP contribution in [0.1, 0.15) is 5.82 Å². The van der Waals surface area contributed by atoms with Crippen LogP contribution in [0.4, 0.5) is 0 Å². The molecule has 0 radical (unpaired) electrons. The molecule has 1 aromatic heterocycles. The van der Waals surface area contributed by atoms with Crippen molar-refractivity contribution in [1.82, 2.24) is 19.1 Å². The topological polar surface area (TPSA) is 68.1 Å². The fraction of sp³-hybridized carbons (Fsp3) is 0.273. The Hall–Kier alpha value is -1.25. The van der Waals surface area contributed by atoms with E-state index in [4.69, 9.17) is 0 Å². The lowest BCUT2D eigenvalue weighted by atomic mass is 10.4. The average molecular weight is 343 g/mol. The lowest BCUT2D eigenvalue weighted by Gasteiger charge is -2.26. The van der Waals surface area contributed by atoms with Gasteiger partial charge < -0.3 is 4.57 Å². The maximum atomic E-state index is 12.5. The Labute approximate surface area is 119 Å². The van der Waals surface area contributed by atoms with Gasteiger partial charge in [-0.05, 0) is 18.2 Å². The van der Waals surface area contributed by atoms with Crippen LogP contribution in [-0.2, 0) is 23.1 Å². The quantitative estimate of drug-likeness (QED) is 0.823. The summed E-state index contributed by atoms with van der Waals surface area (Å²) < 4.78 is 29.1. The van der Waals surface area contributed by atoms with Crippen LogP contribution in [0, 0.1) is 0 Å². The Morgan fingerprint density at radius 3 is 2.89 bits per heavy atom. The van der Waals surface area contributed by atoms with Gasteiger partial charge in [0.05, 0.1) is 11.4 Å². The van der Waals surface area contributed by atoms with E-state index in [0.717, 1.165) is 4.47 Å². The first kappa shape index (κ1) is 12.8. The Bertz CT molecular complexity index is 713. The maximum Gasteiger partial charge on any atom is 0.243 e. The molecule has 8 heteroatoms. The van der Waals surface area contributed by atoms with Gasteiger partial charge in [-0.2, -0.15) is 4.31 Å². The summed E-state index contributed by atoms with van der Waals surface area (Å²) in [5.41, 5.74) is 0. The molecule has 2 heterocycles. The second kappa shape index (κ2) is 4.69. The van der Waals surface area contributed by atoms with Crippen LogP contribution in [0.15, 0.2) is 40.0 Å². The summed E-state index contributed by atoms with van der Waals surface area (Å²) in [5, 5.41) is 7.72. The molecule has 0 saturated heterocycles. The van der Waals surface area contributed by atoms with Crippen LogP contribution in [0.3, 0.4) is 0 Å². The maximum absolute atomic E-state index is 12.5. The van der Waals surface area contributed by atoms with Gasteiger partial charge in [0, 0.05) is 17.6 Å². The molecule has 3 rings (SSSR count). The molecular weight excluding hydrogens is 332 g/mol. The summed E-state index contributed by atoms with van der Waals surface area (Å²) in [6.07, 6.45) is 1.62. The smallest absolute Gasteiger partial charge is 0.243 e. The van der Waals surface area contributed by atoms with E-state index in [0.29, 0.717) is 18.9 Å². The van der Waals surface area contributed by atoms with E-state index in [1.54, 1.807) is 30.6 Å². The van der Waals surface area contributed by atoms with E-state index in [2.05, 4.69) is 26.1 Å². The van der Waals surface area contributed by atoms with Crippen LogP contribution in [0.2, 0.25) is 0 Å². The van der Waals surface area contributed by atoms with Crippen LogP contribution in [-0.4, -0.2) is 34.0 Å².